The molecule has 1 aromatic carbocycles. The number of anilines is 1. The number of carbonyl (C=O) groups is 1. The third-order valence-electron chi connectivity index (χ3n) is 3.22. The molecule has 1 fully saturated rings. The van der Waals surface area contributed by atoms with Gasteiger partial charge in [0.05, 0.1) is 11.6 Å². The van der Waals surface area contributed by atoms with E-state index in [2.05, 4.69) is 26.1 Å². The first kappa shape index (κ1) is 14.2. The molecule has 0 heterocycles. The molecule has 2 unspecified atom stereocenters. The van der Waals surface area contributed by atoms with Crippen LogP contribution >= 0.6 is 11.6 Å². The highest BCUT2D eigenvalue weighted by atomic mass is 35.5. The van der Waals surface area contributed by atoms with Crippen molar-refractivity contribution in [3.8, 4) is 5.75 Å². The molecule has 1 amide bonds. The summed E-state index contributed by atoms with van der Waals surface area (Å²) in [5.74, 6) is 1.86. The smallest absolute Gasteiger partial charge is 0.227 e. The van der Waals surface area contributed by atoms with Crippen molar-refractivity contribution in [2.75, 3.05) is 11.9 Å². The SMILES string of the molecule is CC(C)COc1ccc(NC(=O)C2CC2C)cc1Cl. The van der Waals surface area contributed by atoms with Crippen LogP contribution < -0.4 is 10.1 Å². The number of hydrogen-bond donors (Lipinski definition) is 1. The third kappa shape index (κ3) is 3.87. The Morgan fingerprint density at radius 3 is 2.74 bits per heavy atom. The number of carbonyl (C=O) groups excluding carboxylic acids is 1. The summed E-state index contributed by atoms with van der Waals surface area (Å²) in [6.45, 7) is 6.88. The van der Waals surface area contributed by atoms with Gasteiger partial charge in [0.15, 0.2) is 0 Å². The Bertz CT molecular complexity index is 473. The van der Waals surface area contributed by atoms with Gasteiger partial charge in [-0.05, 0) is 36.5 Å². The van der Waals surface area contributed by atoms with Crippen LogP contribution in [0.2, 0.25) is 5.02 Å². The van der Waals surface area contributed by atoms with Crippen LogP contribution in [-0.4, -0.2) is 12.5 Å². The summed E-state index contributed by atoms with van der Waals surface area (Å²) in [6.07, 6.45) is 0.981. The molecule has 0 spiro atoms. The second kappa shape index (κ2) is 5.83. The van der Waals surface area contributed by atoms with E-state index in [0.717, 1.165) is 12.1 Å². The summed E-state index contributed by atoms with van der Waals surface area (Å²) in [6, 6.07) is 5.37. The molecular formula is C15H20ClNO2. The van der Waals surface area contributed by atoms with E-state index in [9.17, 15) is 4.79 Å². The quantitative estimate of drug-likeness (QED) is 0.887. The van der Waals surface area contributed by atoms with Gasteiger partial charge in [-0.3, -0.25) is 4.79 Å². The summed E-state index contributed by atoms with van der Waals surface area (Å²) in [5.41, 5.74) is 0.728. The molecule has 0 bridgehead atoms. The van der Waals surface area contributed by atoms with Gasteiger partial charge in [0.25, 0.3) is 0 Å². The van der Waals surface area contributed by atoms with Crippen molar-refractivity contribution < 1.29 is 9.53 Å². The van der Waals surface area contributed by atoms with E-state index < -0.39 is 0 Å². The average molecular weight is 282 g/mol. The van der Waals surface area contributed by atoms with Gasteiger partial charge in [0.2, 0.25) is 5.91 Å². The highest BCUT2D eigenvalue weighted by molar-refractivity contribution is 6.32. The minimum absolute atomic E-state index is 0.0828. The Morgan fingerprint density at radius 1 is 1.53 bits per heavy atom. The first-order chi connectivity index (χ1) is 8.97. The topological polar surface area (TPSA) is 38.3 Å². The van der Waals surface area contributed by atoms with Gasteiger partial charge < -0.3 is 10.1 Å². The van der Waals surface area contributed by atoms with Gasteiger partial charge in [-0.1, -0.05) is 32.4 Å². The predicted molar refractivity (Wildman–Crippen MR) is 77.7 cm³/mol. The first-order valence-electron chi connectivity index (χ1n) is 6.70. The zero-order valence-corrected chi connectivity index (χ0v) is 12.3. The second-order valence-electron chi connectivity index (χ2n) is 5.66. The maximum atomic E-state index is 11.8. The monoisotopic (exact) mass is 281 g/mol. The molecule has 19 heavy (non-hydrogen) atoms. The maximum Gasteiger partial charge on any atom is 0.227 e. The fourth-order valence-corrected chi connectivity index (χ4v) is 2.11. The van der Waals surface area contributed by atoms with Crippen LogP contribution in [0, 0.1) is 17.8 Å². The number of hydrogen-bond acceptors (Lipinski definition) is 2. The van der Waals surface area contributed by atoms with Crippen molar-refractivity contribution in [3.63, 3.8) is 0 Å². The van der Waals surface area contributed by atoms with E-state index in [1.165, 1.54) is 0 Å². The molecule has 1 N–H and O–H groups in total. The van der Waals surface area contributed by atoms with E-state index in [-0.39, 0.29) is 11.8 Å². The summed E-state index contributed by atoms with van der Waals surface area (Å²) in [5, 5.41) is 3.42. The van der Waals surface area contributed by atoms with Crippen LogP contribution in [0.25, 0.3) is 0 Å². The molecule has 2 atom stereocenters. The van der Waals surface area contributed by atoms with E-state index in [1.807, 2.05) is 6.07 Å². The standard InChI is InChI=1S/C15H20ClNO2/c1-9(2)8-19-14-5-4-11(7-13(14)16)17-15(18)12-6-10(12)3/h4-5,7,9-10,12H,6,8H2,1-3H3,(H,17,18). The van der Waals surface area contributed by atoms with E-state index in [1.54, 1.807) is 12.1 Å². The van der Waals surface area contributed by atoms with Gasteiger partial charge in [-0.2, -0.15) is 0 Å². The van der Waals surface area contributed by atoms with Gasteiger partial charge in [-0.15, -0.1) is 0 Å². The molecule has 3 nitrogen and oxygen atoms in total. The summed E-state index contributed by atoms with van der Waals surface area (Å²) in [7, 11) is 0. The number of amides is 1. The van der Waals surface area contributed by atoms with Crippen LogP contribution in [0.1, 0.15) is 27.2 Å². The van der Waals surface area contributed by atoms with Crippen molar-refractivity contribution in [2.24, 2.45) is 17.8 Å². The van der Waals surface area contributed by atoms with Crippen molar-refractivity contribution in [1.29, 1.82) is 0 Å². The van der Waals surface area contributed by atoms with E-state index in [0.29, 0.717) is 29.2 Å². The summed E-state index contributed by atoms with van der Waals surface area (Å²) < 4.78 is 5.59. The molecule has 0 saturated heterocycles. The minimum Gasteiger partial charge on any atom is -0.492 e. The number of rotatable bonds is 5. The normalized spacial score (nSPS) is 21.3. The highest BCUT2D eigenvalue weighted by Gasteiger charge is 2.39. The second-order valence-corrected chi connectivity index (χ2v) is 6.07. The van der Waals surface area contributed by atoms with Crippen molar-refractivity contribution in [2.45, 2.75) is 27.2 Å². The lowest BCUT2D eigenvalue weighted by molar-refractivity contribution is -0.117. The average Bonchev–Trinajstić information content (AvgIpc) is 3.05. The molecule has 1 aromatic rings. The van der Waals surface area contributed by atoms with Crippen LogP contribution in [0.15, 0.2) is 18.2 Å². The lowest BCUT2D eigenvalue weighted by Crippen LogP contribution is -2.14. The number of halogens is 1. The molecule has 2 rings (SSSR count). The fourth-order valence-electron chi connectivity index (χ4n) is 1.87. The summed E-state index contributed by atoms with van der Waals surface area (Å²) >= 11 is 6.14. The Morgan fingerprint density at radius 2 is 2.21 bits per heavy atom. The predicted octanol–water partition coefficient (Wildman–Crippen LogP) is 3.97. The Kier molecular flexibility index (Phi) is 4.35. The van der Waals surface area contributed by atoms with Crippen molar-refractivity contribution in [1.82, 2.24) is 0 Å². The van der Waals surface area contributed by atoms with Crippen LogP contribution in [0.5, 0.6) is 5.75 Å². The van der Waals surface area contributed by atoms with Crippen LogP contribution in [0.3, 0.4) is 0 Å². The maximum absolute atomic E-state index is 11.8. The molecule has 1 aliphatic carbocycles. The Labute approximate surface area is 119 Å². The molecule has 0 aliphatic heterocycles. The van der Waals surface area contributed by atoms with Gasteiger partial charge in [0, 0.05) is 11.6 Å². The fraction of sp³-hybridized carbons (Fsp3) is 0.533. The molecule has 4 heteroatoms. The van der Waals surface area contributed by atoms with Crippen LogP contribution in [0.4, 0.5) is 5.69 Å². The van der Waals surface area contributed by atoms with E-state index in [4.69, 9.17) is 16.3 Å². The Hall–Kier alpha value is -1.22. The Balaban J connectivity index is 1.96. The summed E-state index contributed by atoms with van der Waals surface area (Å²) in [4.78, 5) is 11.8. The molecule has 1 saturated carbocycles. The van der Waals surface area contributed by atoms with Gasteiger partial charge in [0.1, 0.15) is 5.75 Å². The van der Waals surface area contributed by atoms with Gasteiger partial charge in [-0.25, -0.2) is 0 Å². The molecule has 0 radical (unpaired) electrons. The number of ether oxygens (including phenoxy) is 1. The number of nitrogens with one attached hydrogen (secondary N) is 1. The van der Waals surface area contributed by atoms with Crippen molar-refractivity contribution in [3.05, 3.63) is 23.2 Å². The minimum atomic E-state index is 0.0828. The van der Waals surface area contributed by atoms with Gasteiger partial charge >= 0.3 is 0 Å². The highest BCUT2D eigenvalue weighted by Crippen LogP contribution is 2.38. The zero-order valence-electron chi connectivity index (χ0n) is 11.6. The number of benzene rings is 1. The van der Waals surface area contributed by atoms with E-state index >= 15 is 0 Å². The molecular weight excluding hydrogens is 262 g/mol. The first-order valence-corrected chi connectivity index (χ1v) is 7.08. The molecule has 1 aliphatic rings. The largest absolute Gasteiger partial charge is 0.492 e. The third-order valence-corrected chi connectivity index (χ3v) is 3.51. The van der Waals surface area contributed by atoms with Crippen molar-refractivity contribution >= 4 is 23.2 Å². The molecule has 104 valence electrons. The zero-order chi connectivity index (χ0) is 14.0. The molecule has 0 aromatic heterocycles. The lowest BCUT2D eigenvalue weighted by Gasteiger charge is -2.11. The van der Waals surface area contributed by atoms with Crippen LogP contribution in [-0.2, 0) is 4.79 Å². The lowest BCUT2D eigenvalue weighted by atomic mass is 10.2.